The number of hydrogen-bond acceptors (Lipinski definition) is 12. The van der Waals surface area contributed by atoms with Crippen molar-refractivity contribution >= 4 is 11.0 Å². The zero-order valence-electron chi connectivity index (χ0n) is 20.7. The van der Waals surface area contributed by atoms with Crippen LogP contribution in [-0.4, -0.2) is 77.6 Å². The van der Waals surface area contributed by atoms with Gasteiger partial charge in [0.1, 0.15) is 30.0 Å². The van der Waals surface area contributed by atoms with E-state index >= 15 is 0 Å². The van der Waals surface area contributed by atoms with Crippen LogP contribution in [0, 0.1) is 6.92 Å². The second-order valence-corrected chi connectivity index (χ2v) is 8.57. The lowest BCUT2D eigenvalue weighted by atomic mass is 10.00. The fraction of sp³-hybridized carbons (Fsp3) is 0.400. The Bertz CT molecular complexity index is 1380. The maximum Gasteiger partial charge on any atom is 0.229 e. The topological polar surface area (TPSA) is 178 Å². The third-order valence-electron chi connectivity index (χ3n) is 6.31. The van der Waals surface area contributed by atoms with E-state index in [0.29, 0.717) is 11.1 Å². The van der Waals surface area contributed by atoms with Crippen LogP contribution in [0.3, 0.4) is 0 Å². The van der Waals surface area contributed by atoms with E-state index in [0.717, 1.165) is 6.26 Å². The number of aromatic hydroxyl groups is 2. The Morgan fingerprint density at radius 2 is 1.54 bits per heavy atom. The number of aliphatic hydroxyl groups excluding tert-OH is 3. The molecule has 3 aromatic rings. The minimum absolute atomic E-state index is 0.0546. The third-order valence-corrected chi connectivity index (χ3v) is 6.31. The molecule has 200 valence electrons. The lowest BCUT2D eigenvalue weighted by Crippen LogP contribution is -2.58. The van der Waals surface area contributed by atoms with E-state index < -0.39 is 41.9 Å². The first-order chi connectivity index (χ1) is 17.5. The van der Waals surface area contributed by atoms with Gasteiger partial charge in [-0.3, -0.25) is 4.79 Å². The molecule has 5 atom stereocenters. The third kappa shape index (κ3) is 4.27. The molecule has 0 unspecified atom stereocenters. The van der Waals surface area contributed by atoms with E-state index in [9.17, 15) is 30.3 Å². The van der Waals surface area contributed by atoms with Crippen molar-refractivity contribution in [3.63, 3.8) is 0 Å². The number of rotatable bonds is 6. The number of hydrogen-bond donors (Lipinski definition) is 5. The SMILES string of the molecule is COc1cc(-c2coc3c(OC)c(O[C@@H]4O[C@H](C)[C@@H](O)[C@H](O)[C@@H]4O)c(OC)c(O)c3c2=O)cc(C)c1O. The van der Waals surface area contributed by atoms with E-state index in [1.54, 1.807) is 13.0 Å². The molecule has 2 aromatic carbocycles. The van der Waals surface area contributed by atoms with Crippen LogP contribution in [0.2, 0.25) is 0 Å². The largest absolute Gasteiger partial charge is 0.504 e. The molecule has 37 heavy (non-hydrogen) atoms. The molecule has 1 fully saturated rings. The first kappa shape index (κ1) is 26.4. The van der Waals surface area contributed by atoms with E-state index in [2.05, 4.69) is 0 Å². The summed E-state index contributed by atoms with van der Waals surface area (Å²) in [5, 5.41) is 51.4. The number of ether oxygens (including phenoxy) is 5. The van der Waals surface area contributed by atoms with Gasteiger partial charge in [0.05, 0.1) is 33.0 Å². The summed E-state index contributed by atoms with van der Waals surface area (Å²) in [4.78, 5) is 13.6. The monoisotopic (exact) mass is 520 g/mol. The molecule has 0 aliphatic carbocycles. The second kappa shape index (κ2) is 9.98. The molecule has 1 aliphatic heterocycles. The van der Waals surface area contributed by atoms with Crippen molar-refractivity contribution in [2.45, 2.75) is 44.6 Å². The number of phenols is 2. The molecule has 12 nitrogen and oxygen atoms in total. The zero-order valence-corrected chi connectivity index (χ0v) is 20.7. The molecular weight excluding hydrogens is 492 g/mol. The Hall–Kier alpha value is -3.71. The van der Waals surface area contributed by atoms with Gasteiger partial charge in [-0.1, -0.05) is 0 Å². The smallest absolute Gasteiger partial charge is 0.229 e. The van der Waals surface area contributed by atoms with Crippen LogP contribution >= 0.6 is 0 Å². The predicted molar refractivity (Wildman–Crippen MR) is 129 cm³/mol. The molecule has 1 aromatic heterocycles. The fourth-order valence-electron chi connectivity index (χ4n) is 4.24. The summed E-state index contributed by atoms with van der Waals surface area (Å²) >= 11 is 0. The Morgan fingerprint density at radius 3 is 2.16 bits per heavy atom. The van der Waals surface area contributed by atoms with Gasteiger partial charge in [-0.05, 0) is 37.1 Å². The van der Waals surface area contributed by atoms with Crippen molar-refractivity contribution in [3.05, 3.63) is 34.2 Å². The molecule has 1 aliphatic rings. The number of methoxy groups -OCH3 is 3. The number of benzene rings is 2. The molecule has 5 N–H and O–H groups in total. The minimum Gasteiger partial charge on any atom is -0.504 e. The summed E-state index contributed by atoms with van der Waals surface area (Å²) in [7, 11) is 3.85. The van der Waals surface area contributed by atoms with Crippen molar-refractivity contribution < 1.29 is 53.6 Å². The van der Waals surface area contributed by atoms with Crippen LogP contribution in [0.1, 0.15) is 12.5 Å². The van der Waals surface area contributed by atoms with Gasteiger partial charge in [0.2, 0.25) is 29.0 Å². The highest BCUT2D eigenvalue weighted by molar-refractivity contribution is 5.96. The van der Waals surface area contributed by atoms with Crippen LogP contribution in [0.5, 0.6) is 34.5 Å². The lowest BCUT2D eigenvalue weighted by molar-refractivity contribution is -0.268. The fourth-order valence-corrected chi connectivity index (χ4v) is 4.24. The highest BCUT2D eigenvalue weighted by Gasteiger charge is 2.44. The van der Waals surface area contributed by atoms with Gasteiger partial charge in [-0.2, -0.15) is 0 Å². The Kier molecular flexibility index (Phi) is 7.11. The Morgan fingerprint density at radius 1 is 0.865 bits per heavy atom. The van der Waals surface area contributed by atoms with Crippen LogP contribution < -0.4 is 24.4 Å². The number of phenolic OH excluding ortho intramolecular Hbond substituents is 2. The maximum atomic E-state index is 13.6. The van der Waals surface area contributed by atoms with Gasteiger partial charge in [-0.25, -0.2) is 0 Å². The van der Waals surface area contributed by atoms with E-state index in [-0.39, 0.29) is 45.3 Å². The molecule has 0 amide bonds. The molecule has 0 saturated carbocycles. The summed E-state index contributed by atoms with van der Waals surface area (Å²) in [6.45, 7) is 3.11. The molecule has 1 saturated heterocycles. The van der Waals surface area contributed by atoms with Gasteiger partial charge < -0.3 is 53.6 Å². The molecule has 12 heteroatoms. The standard InChI is InChI=1S/C25H28O12/c1-9-6-11(7-13(32-3)15(9)26)12-8-35-21-14(17(12)28)18(29)22(33-4)24(23(21)34-5)37-25-20(31)19(30)16(27)10(2)36-25/h6-8,10,16,19-20,25-27,29-31H,1-5H3/t10-,16-,19+,20+,25+/m1/s1. The maximum absolute atomic E-state index is 13.6. The second-order valence-electron chi connectivity index (χ2n) is 8.57. The van der Waals surface area contributed by atoms with Crippen LogP contribution in [-0.2, 0) is 4.74 Å². The van der Waals surface area contributed by atoms with E-state index in [4.69, 9.17) is 28.1 Å². The summed E-state index contributed by atoms with van der Waals surface area (Å²) in [6, 6.07) is 3.01. The van der Waals surface area contributed by atoms with Crippen molar-refractivity contribution in [2.75, 3.05) is 21.3 Å². The first-order valence-electron chi connectivity index (χ1n) is 11.2. The van der Waals surface area contributed by atoms with Crippen molar-refractivity contribution in [1.29, 1.82) is 0 Å². The normalized spacial score (nSPS) is 23.6. The Balaban J connectivity index is 1.90. The summed E-state index contributed by atoms with van der Waals surface area (Å²) in [5.74, 6) is -1.32. The van der Waals surface area contributed by atoms with Crippen molar-refractivity contribution in [1.82, 2.24) is 0 Å². The van der Waals surface area contributed by atoms with Gasteiger partial charge in [0.25, 0.3) is 0 Å². The van der Waals surface area contributed by atoms with Gasteiger partial charge >= 0.3 is 0 Å². The number of aryl methyl sites for hydroxylation is 1. The van der Waals surface area contributed by atoms with Gasteiger partial charge in [0.15, 0.2) is 22.8 Å². The lowest BCUT2D eigenvalue weighted by Gasteiger charge is -2.39. The van der Waals surface area contributed by atoms with Crippen LogP contribution in [0.4, 0.5) is 0 Å². The van der Waals surface area contributed by atoms with Gasteiger partial charge in [-0.15, -0.1) is 0 Å². The zero-order chi connectivity index (χ0) is 27.2. The van der Waals surface area contributed by atoms with Crippen LogP contribution in [0.15, 0.2) is 27.6 Å². The summed E-state index contributed by atoms with van der Waals surface area (Å²) < 4.78 is 32.9. The minimum atomic E-state index is -1.67. The first-order valence-corrected chi connectivity index (χ1v) is 11.2. The summed E-state index contributed by atoms with van der Waals surface area (Å²) in [5.41, 5.74) is 0.0327. The number of fused-ring (bicyclic) bond motifs is 1. The Labute approximate surface area is 210 Å². The molecule has 0 radical (unpaired) electrons. The van der Waals surface area contributed by atoms with Gasteiger partial charge in [0, 0.05) is 0 Å². The quantitative estimate of drug-likeness (QED) is 0.316. The molecule has 0 bridgehead atoms. The number of aliphatic hydroxyl groups is 3. The van der Waals surface area contributed by atoms with E-state index in [1.165, 1.54) is 34.3 Å². The van der Waals surface area contributed by atoms with E-state index in [1.807, 2.05) is 0 Å². The predicted octanol–water partition coefficient (Wildman–Crippen LogP) is 1.41. The molecule has 2 heterocycles. The summed E-state index contributed by atoms with van der Waals surface area (Å²) in [6.07, 6.45) is -5.84. The van der Waals surface area contributed by atoms with Crippen molar-refractivity contribution in [3.8, 4) is 45.6 Å². The molecule has 4 rings (SSSR count). The molecule has 0 spiro atoms. The van der Waals surface area contributed by atoms with Crippen LogP contribution in [0.25, 0.3) is 22.1 Å². The highest BCUT2D eigenvalue weighted by atomic mass is 16.7. The molecular formula is C25H28O12. The highest BCUT2D eigenvalue weighted by Crippen LogP contribution is 2.51. The average molecular weight is 520 g/mol. The average Bonchev–Trinajstić information content (AvgIpc) is 2.88. The van der Waals surface area contributed by atoms with Crippen molar-refractivity contribution in [2.24, 2.45) is 0 Å².